The van der Waals surface area contributed by atoms with Crippen molar-refractivity contribution >= 4 is 38.9 Å². The highest BCUT2D eigenvalue weighted by Gasteiger charge is 2.34. The molecule has 1 saturated heterocycles. The van der Waals surface area contributed by atoms with Crippen LogP contribution in [0.3, 0.4) is 0 Å². The molecule has 10 heteroatoms. The van der Waals surface area contributed by atoms with Crippen molar-refractivity contribution in [1.82, 2.24) is 4.90 Å². The smallest absolute Gasteiger partial charge is 0.284 e. The fraction of sp³-hybridized carbons (Fsp3) is 0.360. The van der Waals surface area contributed by atoms with E-state index in [1.54, 1.807) is 50.6 Å². The number of hydrogen-bond acceptors (Lipinski definition) is 7. The Morgan fingerprint density at radius 1 is 1.03 bits per heavy atom. The summed E-state index contributed by atoms with van der Waals surface area (Å²) in [4.78, 5) is 15.0. The summed E-state index contributed by atoms with van der Waals surface area (Å²) in [6, 6.07) is 13.4. The first kappa shape index (κ1) is 26.8. The predicted molar refractivity (Wildman–Crippen MR) is 138 cm³/mol. The molecule has 3 rings (SSSR count). The summed E-state index contributed by atoms with van der Waals surface area (Å²) in [7, 11) is -0.842. The third-order valence-corrected chi connectivity index (χ3v) is 7.50. The number of sulfonamides is 1. The minimum Gasteiger partial charge on any atom is -0.493 e. The van der Waals surface area contributed by atoms with Crippen molar-refractivity contribution in [3.8, 4) is 11.5 Å². The Bertz CT molecular complexity index is 1180. The Morgan fingerprint density at radius 3 is 2.49 bits per heavy atom. The van der Waals surface area contributed by atoms with Gasteiger partial charge in [-0.2, -0.15) is 8.42 Å². The van der Waals surface area contributed by atoms with E-state index in [9.17, 15) is 13.2 Å². The fourth-order valence-electron chi connectivity index (χ4n) is 3.26. The number of rotatable bonds is 12. The number of amidine groups is 1. The van der Waals surface area contributed by atoms with Crippen molar-refractivity contribution in [2.24, 2.45) is 4.40 Å². The zero-order valence-electron chi connectivity index (χ0n) is 20.1. The Labute approximate surface area is 211 Å². The molecular weight excluding hydrogens is 488 g/mol. The average Bonchev–Trinajstić information content (AvgIpc) is 3.13. The van der Waals surface area contributed by atoms with Crippen LogP contribution < -0.4 is 9.47 Å². The molecule has 0 N–H and O–H groups in total. The van der Waals surface area contributed by atoms with E-state index < -0.39 is 10.0 Å². The maximum atomic E-state index is 13.2. The highest BCUT2D eigenvalue weighted by atomic mass is 32.2. The number of amides is 1. The minimum absolute atomic E-state index is 0.0678. The Morgan fingerprint density at radius 2 is 1.80 bits per heavy atom. The number of ether oxygens (including phenoxy) is 3. The second-order valence-corrected chi connectivity index (χ2v) is 10.3. The Hall–Kier alpha value is -2.82. The van der Waals surface area contributed by atoms with Gasteiger partial charge in [0, 0.05) is 20.3 Å². The SMILES string of the molecule is CCCCOc1ccc(/C=C2\S/C(=N/S(=O)(=O)c3ccccc3)N(CCCOC)C2=O)cc1OC. The molecule has 0 bridgehead atoms. The number of carbonyl (C=O) groups excluding carboxylic acids is 1. The van der Waals surface area contributed by atoms with Gasteiger partial charge in [0.25, 0.3) is 15.9 Å². The van der Waals surface area contributed by atoms with Crippen molar-refractivity contribution in [3.05, 3.63) is 59.0 Å². The van der Waals surface area contributed by atoms with Crippen LogP contribution in [-0.2, 0) is 19.6 Å². The molecule has 0 radical (unpaired) electrons. The first-order chi connectivity index (χ1) is 16.9. The lowest BCUT2D eigenvalue weighted by molar-refractivity contribution is -0.122. The molecule has 0 unspecified atom stereocenters. The summed E-state index contributed by atoms with van der Waals surface area (Å²) in [6.45, 7) is 3.40. The van der Waals surface area contributed by atoms with Crippen LogP contribution in [0, 0.1) is 0 Å². The monoisotopic (exact) mass is 518 g/mol. The van der Waals surface area contributed by atoms with Crippen LogP contribution in [0.5, 0.6) is 11.5 Å². The van der Waals surface area contributed by atoms with Crippen LogP contribution in [0.4, 0.5) is 0 Å². The third kappa shape index (κ3) is 7.09. The van der Waals surface area contributed by atoms with Gasteiger partial charge in [0.2, 0.25) is 0 Å². The van der Waals surface area contributed by atoms with E-state index in [4.69, 9.17) is 14.2 Å². The fourth-order valence-corrected chi connectivity index (χ4v) is 5.49. The van der Waals surface area contributed by atoms with E-state index in [0.717, 1.165) is 30.2 Å². The Balaban J connectivity index is 1.91. The van der Waals surface area contributed by atoms with Gasteiger partial charge in [-0.25, -0.2) is 0 Å². The highest BCUT2D eigenvalue weighted by molar-refractivity contribution is 8.19. The molecule has 0 spiro atoms. The van der Waals surface area contributed by atoms with Gasteiger partial charge >= 0.3 is 0 Å². The molecule has 1 aliphatic heterocycles. The van der Waals surface area contributed by atoms with E-state index in [1.807, 2.05) is 6.07 Å². The molecule has 8 nitrogen and oxygen atoms in total. The molecule has 35 heavy (non-hydrogen) atoms. The number of methoxy groups -OCH3 is 2. The van der Waals surface area contributed by atoms with E-state index in [2.05, 4.69) is 11.3 Å². The molecule has 1 heterocycles. The molecule has 188 valence electrons. The summed E-state index contributed by atoms with van der Waals surface area (Å²) in [5.74, 6) is 0.879. The number of carbonyl (C=O) groups is 1. The number of benzene rings is 2. The lowest BCUT2D eigenvalue weighted by Gasteiger charge is -2.15. The van der Waals surface area contributed by atoms with E-state index in [0.29, 0.717) is 36.0 Å². The largest absolute Gasteiger partial charge is 0.493 e. The summed E-state index contributed by atoms with van der Waals surface area (Å²) < 4.78 is 46.0. The molecule has 0 aliphatic carbocycles. The van der Waals surface area contributed by atoms with Gasteiger partial charge in [-0.15, -0.1) is 4.40 Å². The molecular formula is C25H30N2O6S2. The normalized spacial score (nSPS) is 16.3. The van der Waals surface area contributed by atoms with Gasteiger partial charge < -0.3 is 14.2 Å². The topological polar surface area (TPSA) is 94.5 Å². The molecule has 0 aromatic heterocycles. The minimum atomic E-state index is -3.98. The highest BCUT2D eigenvalue weighted by Crippen LogP contribution is 2.35. The summed E-state index contributed by atoms with van der Waals surface area (Å²) >= 11 is 1.03. The van der Waals surface area contributed by atoms with Crippen LogP contribution in [0.2, 0.25) is 0 Å². The molecule has 1 aliphatic rings. The van der Waals surface area contributed by atoms with Crippen LogP contribution in [-0.4, -0.2) is 58.4 Å². The zero-order chi connectivity index (χ0) is 25.3. The lowest BCUT2D eigenvalue weighted by Crippen LogP contribution is -2.31. The van der Waals surface area contributed by atoms with Gasteiger partial charge in [-0.1, -0.05) is 37.6 Å². The maximum absolute atomic E-state index is 13.2. The summed E-state index contributed by atoms with van der Waals surface area (Å²) in [5.41, 5.74) is 0.726. The van der Waals surface area contributed by atoms with Gasteiger partial charge in [0.15, 0.2) is 16.7 Å². The predicted octanol–water partition coefficient (Wildman–Crippen LogP) is 4.57. The standard InChI is InChI=1S/C25H30N2O6S2/c1-4-5-16-33-21-13-12-19(17-22(21)32-3)18-23-24(28)27(14-9-15-31-2)25(34-23)26-35(29,30)20-10-7-6-8-11-20/h6-8,10-13,17-18H,4-5,9,14-16H2,1-3H3/b23-18-,26-25+. The second kappa shape index (κ2) is 12.8. The lowest BCUT2D eigenvalue weighted by atomic mass is 10.2. The number of nitrogens with zero attached hydrogens (tertiary/aromatic N) is 2. The number of hydrogen-bond donors (Lipinski definition) is 0. The first-order valence-electron chi connectivity index (χ1n) is 11.3. The zero-order valence-corrected chi connectivity index (χ0v) is 21.7. The molecule has 2 aromatic rings. The van der Waals surface area contributed by atoms with Gasteiger partial charge in [0.1, 0.15) is 0 Å². The van der Waals surface area contributed by atoms with Crippen molar-refractivity contribution < 1.29 is 27.4 Å². The quantitative estimate of drug-likeness (QED) is 0.300. The van der Waals surface area contributed by atoms with Crippen molar-refractivity contribution in [1.29, 1.82) is 0 Å². The first-order valence-corrected chi connectivity index (χ1v) is 13.6. The van der Waals surface area contributed by atoms with E-state index >= 15 is 0 Å². The third-order valence-electron chi connectivity index (χ3n) is 5.10. The summed E-state index contributed by atoms with van der Waals surface area (Å²) in [6.07, 6.45) is 4.20. The van der Waals surface area contributed by atoms with Crippen LogP contribution in [0.15, 0.2) is 62.7 Å². The van der Waals surface area contributed by atoms with E-state index in [-0.39, 0.29) is 22.5 Å². The second-order valence-electron chi connectivity index (χ2n) is 7.69. The average molecular weight is 519 g/mol. The molecule has 1 amide bonds. The van der Waals surface area contributed by atoms with E-state index in [1.165, 1.54) is 17.0 Å². The van der Waals surface area contributed by atoms with Crippen molar-refractivity contribution in [3.63, 3.8) is 0 Å². The van der Waals surface area contributed by atoms with Crippen LogP contribution in [0.1, 0.15) is 31.7 Å². The molecule has 2 aromatic carbocycles. The number of unbranched alkanes of at least 4 members (excludes halogenated alkanes) is 1. The molecule has 0 atom stereocenters. The van der Waals surface area contributed by atoms with Crippen molar-refractivity contribution in [2.75, 3.05) is 34.0 Å². The number of thioether (sulfide) groups is 1. The Kier molecular flexibility index (Phi) is 9.76. The van der Waals surface area contributed by atoms with Crippen LogP contribution >= 0.6 is 11.8 Å². The summed E-state index contributed by atoms with van der Waals surface area (Å²) in [5, 5.41) is 0.118. The molecule has 0 saturated carbocycles. The van der Waals surface area contributed by atoms with Gasteiger partial charge in [-0.3, -0.25) is 9.69 Å². The van der Waals surface area contributed by atoms with Crippen LogP contribution in [0.25, 0.3) is 6.08 Å². The molecule has 1 fully saturated rings. The van der Waals surface area contributed by atoms with Gasteiger partial charge in [0.05, 0.1) is 23.5 Å². The van der Waals surface area contributed by atoms with Gasteiger partial charge in [-0.05, 0) is 60.5 Å². The maximum Gasteiger partial charge on any atom is 0.284 e. The van der Waals surface area contributed by atoms with Crippen molar-refractivity contribution in [2.45, 2.75) is 31.1 Å².